The number of ether oxygens (including phenoxy) is 2. The minimum Gasteiger partial charge on any atom is -0.506 e. The standard InChI is InChI=1S/C50H56N2O4/c1-5-7-19-29-49(3)41-25-15-17-27-43(41)51(31-33-55-37-21-11-9-12-22-37)45(49)35-39-47(53)40(48(39)54)36-46-50(4,30-20-8-6-2)42-26-16-18-28-44(42)52(46)32-34-56-38-23-13-10-14-24-38/h9-18,21-28,35-36H,5-8,19-20,29-34H2,1-4H3/p+1. The Bertz CT molecular complexity index is 2150. The average Bonchev–Trinajstić information content (AvgIpc) is 3.60. The Hall–Kier alpha value is -5.36. The highest BCUT2D eigenvalue weighted by Crippen LogP contribution is 2.52. The number of rotatable bonds is 18. The summed E-state index contributed by atoms with van der Waals surface area (Å²) in [6, 6.07) is 36.9. The first-order chi connectivity index (χ1) is 27.3. The number of carbonyl (C=O) groups is 1. The molecule has 0 aromatic heterocycles. The van der Waals surface area contributed by atoms with Crippen LogP contribution in [0, 0.1) is 0 Å². The topological polar surface area (TPSA) is 62.0 Å². The number of hydrogen-bond donors (Lipinski definition) is 1. The first-order valence-corrected chi connectivity index (χ1v) is 20.7. The fourth-order valence-corrected chi connectivity index (χ4v) is 8.95. The molecule has 0 radical (unpaired) electrons. The summed E-state index contributed by atoms with van der Waals surface area (Å²) in [7, 11) is 0. The first kappa shape index (κ1) is 38.9. The number of nitrogens with zero attached hydrogens (tertiary/aromatic N) is 2. The van der Waals surface area contributed by atoms with Crippen molar-refractivity contribution in [3.05, 3.63) is 155 Å². The molecule has 0 amide bonds. The van der Waals surface area contributed by atoms with Crippen LogP contribution in [0.2, 0.25) is 0 Å². The van der Waals surface area contributed by atoms with Crippen molar-refractivity contribution in [2.45, 2.75) is 89.9 Å². The maximum Gasteiger partial charge on any atom is 0.209 e. The molecule has 6 nitrogen and oxygen atoms in total. The van der Waals surface area contributed by atoms with Crippen LogP contribution in [-0.2, 0) is 15.6 Å². The van der Waals surface area contributed by atoms with Crippen molar-refractivity contribution < 1.29 is 24.0 Å². The smallest absolute Gasteiger partial charge is 0.209 e. The Morgan fingerprint density at radius 3 is 1.89 bits per heavy atom. The third-order valence-electron chi connectivity index (χ3n) is 12.1. The van der Waals surface area contributed by atoms with Gasteiger partial charge in [-0.3, -0.25) is 4.79 Å². The molecule has 2 atom stereocenters. The Balaban J connectivity index is 1.27. The molecule has 0 saturated heterocycles. The van der Waals surface area contributed by atoms with Crippen LogP contribution in [0.5, 0.6) is 11.5 Å². The number of carbonyl (C=O) groups excluding carboxylic acids is 1. The number of Topliss-reactive ketones (excluding diaryl/α,β-unsaturated/α-hetero) is 1. The van der Waals surface area contributed by atoms with E-state index in [9.17, 15) is 9.90 Å². The minimum atomic E-state index is -0.333. The molecule has 2 unspecified atom stereocenters. The van der Waals surface area contributed by atoms with E-state index in [1.165, 1.54) is 11.1 Å². The zero-order valence-corrected chi connectivity index (χ0v) is 33.6. The van der Waals surface area contributed by atoms with E-state index >= 15 is 0 Å². The maximum absolute atomic E-state index is 14.4. The fourth-order valence-electron chi connectivity index (χ4n) is 8.95. The highest BCUT2D eigenvalue weighted by atomic mass is 16.5. The molecule has 2 aliphatic heterocycles. The zero-order chi connectivity index (χ0) is 39.1. The van der Waals surface area contributed by atoms with Gasteiger partial charge in [0.15, 0.2) is 12.3 Å². The first-order valence-electron chi connectivity index (χ1n) is 20.7. The largest absolute Gasteiger partial charge is 0.506 e. The summed E-state index contributed by atoms with van der Waals surface area (Å²) in [6.07, 6.45) is 12.5. The second-order valence-electron chi connectivity index (χ2n) is 15.8. The third-order valence-corrected chi connectivity index (χ3v) is 12.1. The highest BCUT2D eigenvalue weighted by Gasteiger charge is 2.49. The zero-order valence-electron chi connectivity index (χ0n) is 33.6. The molecule has 2 heterocycles. The molecule has 56 heavy (non-hydrogen) atoms. The summed E-state index contributed by atoms with van der Waals surface area (Å²) < 4.78 is 14.7. The van der Waals surface area contributed by atoms with Gasteiger partial charge in [-0.2, -0.15) is 4.58 Å². The van der Waals surface area contributed by atoms with Gasteiger partial charge in [-0.15, -0.1) is 0 Å². The molecular weight excluding hydrogens is 693 g/mol. The van der Waals surface area contributed by atoms with Gasteiger partial charge in [-0.25, -0.2) is 0 Å². The lowest BCUT2D eigenvalue weighted by atomic mass is 9.73. The van der Waals surface area contributed by atoms with Crippen molar-refractivity contribution in [1.82, 2.24) is 0 Å². The lowest BCUT2D eigenvalue weighted by Gasteiger charge is -2.32. The summed E-state index contributed by atoms with van der Waals surface area (Å²) >= 11 is 0. The molecule has 0 saturated carbocycles. The molecule has 4 aromatic rings. The molecule has 1 N–H and O–H groups in total. The molecular formula is C50H57N2O4+. The van der Waals surface area contributed by atoms with Gasteiger partial charge in [0, 0.05) is 34.5 Å². The monoisotopic (exact) mass is 749 g/mol. The van der Waals surface area contributed by atoms with Crippen LogP contribution in [0.1, 0.15) is 90.2 Å². The molecule has 0 spiro atoms. The van der Waals surface area contributed by atoms with E-state index in [0.29, 0.717) is 37.4 Å². The third kappa shape index (κ3) is 7.58. The van der Waals surface area contributed by atoms with Crippen LogP contribution >= 0.6 is 0 Å². The van der Waals surface area contributed by atoms with Gasteiger partial charge < -0.3 is 19.5 Å². The van der Waals surface area contributed by atoms with Gasteiger partial charge in [0.1, 0.15) is 30.5 Å². The molecule has 1 aliphatic carbocycles. The van der Waals surface area contributed by atoms with Crippen molar-refractivity contribution in [2.75, 3.05) is 31.2 Å². The summed E-state index contributed by atoms with van der Waals surface area (Å²) in [5.74, 6) is 1.60. The maximum atomic E-state index is 14.4. The Morgan fingerprint density at radius 1 is 0.679 bits per heavy atom. The van der Waals surface area contributed by atoms with E-state index in [-0.39, 0.29) is 22.4 Å². The Morgan fingerprint density at radius 2 is 1.25 bits per heavy atom. The second-order valence-corrected chi connectivity index (χ2v) is 15.8. The summed E-state index contributed by atoms with van der Waals surface area (Å²) in [6.45, 7) is 11.2. The Labute approximate surface area is 333 Å². The molecule has 0 bridgehead atoms. The number of benzene rings is 4. The number of aliphatic hydroxyl groups is 1. The van der Waals surface area contributed by atoms with E-state index in [1.54, 1.807) is 0 Å². The SMILES string of the molecule is CCCCCC1(C)C(/C=C2\C(=O)C(/C=C3/N(CCOc4ccccc4)c4ccccc4C3(C)CCCCC)=C2O)=[N+](CCOc2ccccc2)c2ccccc21. The summed E-state index contributed by atoms with van der Waals surface area (Å²) in [4.78, 5) is 16.7. The predicted octanol–water partition coefficient (Wildman–Crippen LogP) is 11.3. The highest BCUT2D eigenvalue weighted by molar-refractivity contribution is 6.24. The summed E-state index contributed by atoms with van der Waals surface area (Å²) in [5.41, 5.74) is 6.91. The number of allylic oxidation sites excluding steroid dienone is 5. The lowest BCUT2D eigenvalue weighted by Crippen LogP contribution is -2.35. The average molecular weight is 750 g/mol. The lowest BCUT2D eigenvalue weighted by molar-refractivity contribution is -0.440. The number of ketones is 1. The molecule has 0 fully saturated rings. The van der Waals surface area contributed by atoms with Crippen molar-refractivity contribution in [3.63, 3.8) is 0 Å². The van der Waals surface area contributed by atoms with Crippen LogP contribution in [0.25, 0.3) is 0 Å². The van der Waals surface area contributed by atoms with E-state index in [2.05, 4.69) is 85.7 Å². The van der Waals surface area contributed by atoms with E-state index < -0.39 is 0 Å². The molecule has 4 aromatic carbocycles. The van der Waals surface area contributed by atoms with Gasteiger partial charge >= 0.3 is 0 Å². The molecule has 6 heteroatoms. The van der Waals surface area contributed by atoms with Crippen LogP contribution in [0.4, 0.5) is 11.4 Å². The van der Waals surface area contributed by atoms with Gasteiger partial charge in [-0.05, 0) is 68.7 Å². The number of fused-ring (bicyclic) bond motifs is 2. The normalized spacial score (nSPS) is 21.5. The quantitative estimate of drug-likeness (QED) is 0.0623. The van der Waals surface area contributed by atoms with Gasteiger partial charge in [0.05, 0.1) is 23.1 Å². The number of para-hydroxylation sites is 4. The van der Waals surface area contributed by atoms with Crippen molar-refractivity contribution in [1.29, 1.82) is 0 Å². The van der Waals surface area contributed by atoms with E-state index in [0.717, 1.165) is 85.6 Å². The fraction of sp³-hybridized carbons (Fsp3) is 0.360. The van der Waals surface area contributed by atoms with E-state index in [4.69, 9.17) is 9.47 Å². The van der Waals surface area contributed by atoms with Crippen molar-refractivity contribution in [3.8, 4) is 11.5 Å². The van der Waals surface area contributed by atoms with Crippen LogP contribution in [0.15, 0.2) is 144 Å². The van der Waals surface area contributed by atoms with Gasteiger partial charge in [0.2, 0.25) is 11.5 Å². The molecule has 3 aliphatic rings. The second kappa shape index (κ2) is 17.2. The Kier molecular flexibility index (Phi) is 11.9. The summed E-state index contributed by atoms with van der Waals surface area (Å²) in [5, 5.41) is 11.9. The molecule has 7 rings (SSSR count). The number of anilines is 1. The van der Waals surface area contributed by atoms with Crippen LogP contribution in [0.3, 0.4) is 0 Å². The van der Waals surface area contributed by atoms with Gasteiger partial charge in [0.25, 0.3) is 0 Å². The van der Waals surface area contributed by atoms with E-state index in [1.807, 2.05) is 72.8 Å². The minimum absolute atomic E-state index is 0.0645. The number of hydrogen-bond acceptors (Lipinski definition) is 5. The van der Waals surface area contributed by atoms with Crippen molar-refractivity contribution >= 4 is 22.9 Å². The van der Waals surface area contributed by atoms with Crippen molar-refractivity contribution in [2.24, 2.45) is 0 Å². The predicted molar refractivity (Wildman–Crippen MR) is 228 cm³/mol. The number of unbranched alkanes of at least 4 members (excludes halogenated alkanes) is 4. The van der Waals surface area contributed by atoms with Crippen LogP contribution < -0.4 is 14.4 Å². The molecule has 290 valence electrons. The van der Waals surface area contributed by atoms with Crippen LogP contribution in [-0.4, -0.2) is 47.5 Å². The number of aliphatic hydroxyl groups excluding tert-OH is 1. The van der Waals surface area contributed by atoms with Gasteiger partial charge in [-0.1, -0.05) is 125 Å².